The minimum absolute atomic E-state index is 0.220. The van der Waals surface area contributed by atoms with E-state index in [4.69, 9.17) is 9.05 Å². The highest BCUT2D eigenvalue weighted by atomic mass is 31.2. The normalized spacial score (nSPS) is 11.0. The van der Waals surface area contributed by atoms with Crippen LogP contribution in [0.25, 0.3) is 0 Å². The second kappa shape index (κ2) is 8.13. The fourth-order valence-corrected chi connectivity index (χ4v) is 3.25. The maximum absolute atomic E-state index is 14.0. The number of allylic oxidation sites excluding steroid dienone is 2. The summed E-state index contributed by atoms with van der Waals surface area (Å²) in [5, 5.41) is 0. The molecule has 0 heterocycles. The fourth-order valence-electron chi connectivity index (χ4n) is 2.20. The van der Waals surface area contributed by atoms with Crippen molar-refractivity contribution < 1.29 is 22.4 Å². The van der Waals surface area contributed by atoms with E-state index in [0.717, 1.165) is 6.66 Å². The Balaban J connectivity index is 2.15. The van der Waals surface area contributed by atoms with Crippen molar-refractivity contribution in [1.29, 1.82) is 0 Å². The first-order valence-corrected chi connectivity index (χ1v) is 9.59. The molecule has 0 saturated carbocycles. The van der Waals surface area contributed by atoms with E-state index in [1.54, 1.807) is 24.3 Å². The van der Waals surface area contributed by atoms with Gasteiger partial charge in [0.2, 0.25) is 0 Å². The third kappa shape index (κ3) is 5.30. The molecule has 0 aliphatic rings. The zero-order valence-corrected chi connectivity index (χ0v) is 14.8. The molecule has 2 rings (SSSR count). The summed E-state index contributed by atoms with van der Waals surface area (Å²) >= 11 is 0. The van der Waals surface area contributed by atoms with Crippen molar-refractivity contribution in [2.75, 3.05) is 6.66 Å². The van der Waals surface area contributed by atoms with Crippen LogP contribution >= 0.6 is 7.60 Å². The molecule has 0 aromatic heterocycles. The Morgan fingerprint density at radius 2 is 1.32 bits per heavy atom. The Bertz CT molecular complexity index is 768. The van der Waals surface area contributed by atoms with Gasteiger partial charge in [-0.1, -0.05) is 24.3 Å². The third-order valence-corrected chi connectivity index (χ3v) is 4.34. The van der Waals surface area contributed by atoms with Crippen LogP contribution in [0.1, 0.15) is 11.1 Å². The van der Waals surface area contributed by atoms with E-state index in [-0.39, 0.29) is 11.5 Å². The molecule has 0 saturated heterocycles. The number of hydrogen-bond donors (Lipinski definition) is 0. The molecular weight excluding hydrogens is 345 g/mol. The Labute approximate surface area is 146 Å². The van der Waals surface area contributed by atoms with Crippen molar-refractivity contribution in [3.8, 4) is 11.5 Å². The number of halogens is 2. The number of hydrogen-bond acceptors (Lipinski definition) is 3. The molecule has 0 aliphatic carbocycles. The van der Waals surface area contributed by atoms with Gasteiger partial charge in [-0.3, -0.25) is 0 Å². The lowest BCUT2D eigenvalue weighted by Gasteiger charge is -2.17. The second-order valence-electron chi connectivity index (χ2n) is 5.47. The molecule has 25 heavy (non-hydrogen) atoms. The molecule has 6 heteroatoms. The van der Waals surface area contributed by atoms with Crippen molar-refractivity contribution in [3.05, 3.63) is 84.5 Å². The Hall–Kier alpha value is -2.39. The summed E-state index contributed by atoms with van der Waals surface area (Å²) in [6.07, 6.45) is 4.28. The van der Waals surface area contributed by atoms with Crippen LogP contribution in [0.4, 0.5) is 8.78 Å². The molecule has 0 radical (unpaired) electrons. The Kier molecular flexibility index (Phi) is 6.16. The van der Waals surface area contributed by atoms with Gasteiger partial charge in [0.1, 0.15) is 0 Å². The molecular formula is C19H19F2O3P. The molecule has 0 bridgehead atoms. The van der Waals surface area contributed by atoms with Crippen LogP contribution in [-0.2, 0) is 17.4 Å². The lowest BCUT2D eigenvalue weighted by molar-refractivity contribution is 0.373. The highest BCUT2D eigenvalue weighted by Gasteiger charge is 2.24. The minimum atomic E-state index is -3.77. The minimum Gasteiger partial charge on any atom is -0.413 e. The van der Waals surface area contributed by atoms with Crippen LogP contribution in [0.3, 0.4) is 0 Å². The van der Waals surface area contributed by atoms with Gasteiger partial charge in [-0.25, -0.2) is 13.3 Å². The van der Waals surface area contributed by atoms with Gasteiger partial charge >= 0.3 is 7.60 Å². The van der Waals surface area contributed by atoms with Crippen molar-refractivity contribution in [1.82, 2.24) is 0 Å². The zero-order chi connectivity index (χ0) is 18.4. The van der Waals surface area contributed by atoms with Gasteiger partial charge in [-0.15, -0.1) is 13.2 Å². The van der Waals surface area contributed by atoms with Crippen LogP contribution in [-0.4, -0.2) is 6.66 Å². The van der Waals surface area contributed by atoms with Gasteiger partial charge in [0.25, 0.3) is 0 Å². The SMILES string of the molecule is C=CCc1ccc(OP(C)(=O)Oc2ccc(CC=C)cc2F)c(F)c1. The molecule has 0 N–H and O–H groups in total. The topological polar surface area (TPSA) is 35.5 Å². The summed E-state index contributed by atoms with van der Waals surface area (Å²) in [5.74, 6) is -1.79. The lowest BCUT2D eigenvalue weighted by atomic mass is 10.1. The van der Waals surface area contributed by atoms with Crippen LogP contribution in [0.5, 0.6) is 11.5 Å². The smallest absolute Gasteiger partial charge is 0.413 e. The van der Waals surface area contributed by atoms with E-state index < -0.39 is 19.2 Å². The molecule has 3 nitrogen and oxygen atoms in total. The maximum atomic E-state index is 14.0. The van der Waals surface area contributed by atoms with Crippen molar-refractivity contribution in [2.45, 2.75) is 12.8 Å². The fraction of sp³-hybridized carbons (Fsp3) is 0.158. The summed E-state index contributed by atoms with van der Waals surface area (Å²) in [6.45, 7) is 8.32. The largest absolute Gasteiger partial charge is 0.427 e. The first-order valence-electron chi connectivity index (χ1n) is 7.60. The summed E-state index contributed by atoms with van der Waals surface area (Å²) in [6, 6.07) is 8.51. The summed E-state index contributed by atoms with van der Waals surface area (Å²) in [5.41, 5.74) is 1.41. The van der Waals surface area contributed by atoms with Crippen molar-refractivity contribution >= 4 is 7.60 Å². The van der Waals surface area contributed by atoms with Crippen LogP contribution in [0.2, 0.25) is 0 Å². The Morgan fingerprint density at radius 1 is 0.920 bits per heavy atom. The van der Waals surface area contributed by atoms with Gasteiger partial charge in [-0.05, 0) is 48.2 Å². The van der Waals surface area contributed by atoms with Crippen LogP contribution in [0.15, 0.2) is 61.7 Å². The molecule has 132 valence electrons. The van der Waals surface area contributed by atoms with E-state index in [1.807, 2.05) is 0 Å². The summed E-state index contributed by atoms with van der Waals surface area (Å²) < 4.78 is 50.9. The van der Waals surface area contributed by atoms with E-state index in [9.17, 15) is 13.3 Å². The number of benzene rings is 2. The van der Waals surface area contributed by atoms with E-state index in [0.29, 0.717) is 24.0 Å². The molecule has 0 atom stereocenters. The van der Waals surface area contributed by atoms with Crippen LogP contribution < -0.4 is 9.05 Å². The average molecular weight is 364 g/mol. The van der Waals surface area contributed by atoms with Gasteiger partial charge in [0.15, 0.2) is 23.1 Å². The molecule has 0 aliphatic heterocycles. The lowest BCUT2D eigenvalue weighted by Crippen LogP contribution is -2.02. The molecule has 0 fully saturated rings. The first kappa shape index (κ1) is 18.9. The summed E-state index contributed by atoms with van der Waals surface area (Å²) in [7, 11) is -3.77. The van der Waals surface area contributed by atoms with E-state index >= 15 is 0 Å². The van der Waals surface area contributed by atoms with E-state index in [2.05, 4.69) is 13.2 Å². The predicted octanol–water partition coefficient (Wildman–Crippen LogP) is 5.70. The molecule has 0 unspecified atom stereocenters. The third-order valence-electron chi connectivity index (χ3n) is 3.28. The molecule has 2 aromatic rings. The van der Waals surface area contributed by atoms with Crippen LogP contribution in [0, 0.1) is 11.6 Å². The average Bonchev–Trinajstić information content (AvgIpc) is 2.53. The second-order valence-corrected chi connectivity index (χ2v) is 7.38. The summed E-state index contributed by atoms with van der Waals surface area (Å²) in [4.78, 5) is 0. The first-order chi connectivity index (χ1) is 11.8. The highest BCUT2D eigenvalue weighted by Crippen LogP contribution is 2.46. The van der Waals surface area contributed by atoms with Gasteiger partial charge in [0.05, 0.1) is 6.66 Å². The van der Waals surface area contributed by atoms with Gasteiger partial charge in [0, 0.05) is 0 Å². The monoisotopic (exact) mass is 364 g/mol. The standard InChI is InChI=1S/C19H19F2O3P/c1-4-6-14-8-10-18(16(20)12-14)23-25(3,22)24-19-11-9-15(7-5-2)13-17(19)21/h4-5,8-13H,1-2,6-7H2,3H3. The maximum Gasteiger partial charge on any atom is 0.427 e. The highest BCUT2D eigenvalue weighted by molar-refractivity contribution is 7.53. The molecule has 0 amide bonds. The van der Waals surface area contributed by atoms with Crippen molar-refractivity contribution in [3.63, 3.8) is 0 Å². The predicted molar refractivity (Wildman–Crippen MR) is 95.4 cm³/mol. The molecule has 0 spiro atoms. The van der Waals surface area contributed by atoms with Gasteiger partial charge in [-0.2, -0.15) is 0 Å². The number of rotatable bonds is 8. The van der Waals surface area contributed by atoms with E-state index in [1.165, 1.54) is 24.3 Å². The quantitative estimate of drug-likeness (QED) is 0.445. The van der Waals surface area contributed by atoms with Crippen molar-refractivity contribution in [2.24, 2.45) is 0 Å². The van der Waals surface area contributed by atoms with Gasteiger partial charge < -0.3 is 9.05 Å². The Morgan fingerprint density at radius 3 is 1.64 bits per heavy atom. The zero-order valence-electron chi connectivity index (χ0n) is 13.9. The molecule has 2 aromatic carbocycles.